The average molecular weight is 366 g/mol. The lowest BCUT2D eigenvalue weighted by Crippen LogP contribution is -2.30. The fourth-order valence-corrected chi connectivity index (χ4v) is 3.00. The van der Waals surface area contributed by atoms with Crippen molar-refractivity contribution >= 4 is 39.7 Å². The molecule has 1 aromatic rings. The summed E-state index contributed by atoms with van der Waals surface area (Å²) in [5.41, 5.74) is 0.189. The zero-order valence-electron chi connectivity index (χ0n) is 12.8. The van der Waals surface area contributed by atoms with Crippen molar-refractivity contribution in [1.82, 2.24) is 5.32 Å². The summed E-state index contributed by atoms with van der Waals surface area (Å²) in [6.45, 7) is 1.83. The summed E-state index contributed by atoms with van der Waals surface area (Å²) in [5, 5.41) is 5.92. The number of piperidine rings is 1. The van der Waals surface area contributed by atoms with E-state index in [4.69, 9.17) is 0 Å². The first-order valence-corrected chi connectivity index (χ1v) is 9.00. The topological polar surface area (TPSA) is 87.3 Å². The predicted molar refractivity (Wildman–Crippen MR) is 91.0 cm³/mol. The molecule has 0 saturated carbocycles. The van der Waals surface area contributed by atoms with Crippen molar-refractivity contribution in [2.45, 2.75) is 19.3 Å². The van der Waals surface area contributed by atoms with Crippen LogP contribution in [-0.2, 0) is 14.8 Å². The maximum atomic E-state index is 13.6. The first-order chi connectivity index (χ1) is 10.3. The molecule has 0 atom stereocenters. The van der Waals surface area contributed by atoms with Crippen molar-refractivity contribution in [2.24, 2.45) is 5.92 Å². The monoisotopic (exact) mass is 365 g/mol. The minimum atomic E-state index is -3.58. The Morgan fingerprint density at radius 2 is 2.00 bits per heavy atom. The summed E-state index contributed by atoms with van der Waals surface area (Å²) in [4.78, 5) is 12.0. The van der Waals surface area contributed by atoms with E-state index in [1.165, 1.54) is 12.1 Å². The average Bonchev–Trinajstić information content (AvgIpc) is 2.42. The summed E-state index contributed by atoms with van der Waals surface area (Å²) >= 11 is 0. The first kappa shape index (κ1) is 19.7. The minimum Gasteiger partial charge on any atom is -0.326 e. The van der Waals surface area contributed by atoms with Crippen LogP contribution in [0.3, 0.4) is 0 Å². The lowest BCUT2D eigenvalue weighted by Gasteiger charge is -2.22. The third-order valence-electron chi connectivity index (χ3n) is 3.48. The number of carbonyl (C=O) groups is 1. The van der Waals surface area contributed by atoms with Gasteiger partial charge in [-0.05, 0) is 50.0 Å². The third kappa shape index (κ3) is 6.72. The Morgan fingerprint density at radius 3 is 2.61 bits per heavy atom. The van der Waals surface area contributed by atoms with Crippen molar-refractivity contribution in [1.29, 1.82) is 0 Å². The third-order valence-corrected chi connectivity index (χ3v) is 4.07. The number of amides is 1. The molecule has 1 aromatic carbocycles. The van der Waals surface area contributed by atoms with Crippen molar-refractivity contribution in [3.63, 3.8) is 0 Å². The Balaban J connectivity index is 0.00000264. The lowest BCUT2D eigenvalue weighted by molar-refractivity contribution is -0.117. The molecule has 23 heavy (non-hydrogen) atoms. The molecule has 1 heterocycles. The van der Waals surface area contributed by atoms with Crippen LogP contribution in [0.5, 0.6) is 0 Å². The van der Waals surface area contributed by atoms with Crippen LogP contribution in [0.25, 0.3) is 0 Å². The summed E-state index contributed by atoms with van der Waals surface area (Å²) < 4.78 is 38.0. The fourth-order valence-electron chi connectivity index (χ4n) is 2.44. The number of sulfonamides is 1. The van der Waals surface area contributed by atoms with E-state index >= 15 is 0 Å². The number of carbonyl (C=O) groups excluding carboxylic acids is 1. The standard InChI is InChI=1S/C14H20FN3O3S.ClH/c1-22(20,21)18-13-9-11(2-3-12(13)15)17-14(19)8-10-4-6-16-7-5-10;/h2-3,9-10,16,18H,4-8H2,1H3,(H,17,19);1H. The summed E-state index contributed by atoms with van der Waals surface area (Å²) in [6, 6.07) is 3.80. The van der Waals surface area contributed by atoms with Crippen molar-refractivity contribution in [3.8, 4) is 0 Å². The van der Waals surface area contributed by atoms with E-state index in [0.29, 0.717) is 18.0 Å². The van der Waals surface area contributed by atoms with Crippen LogP contribution < -0.4 is 15.4 Å². The van der Waals surface area contributed by atoms with Gasteiger partial charge in [0.05, 0.1) is 11.9 Å². The van der Waals surface area contributed by atoms with Crippen LogP contribution >= 0.6 is 12.4 Å². The number of anilines is 2. The molecule has 9 heteroatoms. The van der Waals surface area contributed by atoms with Gasteiger partial charge in [0.2, 0.25) is 15.9 Å². The zero-order valence-corrected chi connectivity index (χ0v) is 14.4. The number of hydrogen-bond acceptors (Lipinski definition) is 4. The lowest BCUT2D eigenvalue weighted by atomic mass is 9.94. The normalized spacial score (nSPS) is 15.6. The molecule has 1 saturated heterocycles. The molecule has 0 radical (unpaired) electrons. The van der Waals surface area contributed by atoms with Crippen LogP contribution in [0.15, 0.2) is 18.2 Å². The fraction of sp³-hybridized carbons (Fsp3) is 0.500. The molecule has 6 nitrogen and oxygen atoms in total. The largest absolute Gasteiger partial charge is 0.326 e. The zero-order chi connectivity index (χ0) is 16.2. The number of halogens is 2. The predicted octanol–water partition coefficient (Wildman–Crippen LogP) is 1.95. The highest BCUT2D eigenvalue weighted by Gasteiger charge is 2.17. The second-order valence-corrected chi connectivity index (χ2v) is 7.26. The van der Waals surface area contributed by atoms with E-state index < -0.39 is 15.8 Å². The van der Waals surface area contributed by atoms with Crippen LogP contribution in [0.2, 0.25) is 0 Å². The molecule has 130 valence electrons. The van der Waals surface area contributed by atoms with E-state index in [1.54, 1.807) is 0 Å². The Kier molecular flexibility index (Phi) is 7.24. The Labute approximate surface area is 141 Å². The van der Waals surface area contributed by atoms with Crippen molar-refractivity contribution in [2.75, 3.05) is 29.4 Å². The van der Waals surface area contributed by atoms with Gasteiger partial charge in [0.1, 0.15) is 5.82 Å². The first-order valence-electron chi connectivity index (χ1n) is 7.11. The van der Waals surface area contributed by atoms with E-state index in [1.807, 2.05) is 0 Å². The maximum Gasteiger partial charge on any atom is 0.229 e. The minimum absolute atomic E-state index is 0. The van der Waals surface area contributed by atoms with Gasteiger partial charge >= 0.3 is 0 Å². The Morgan fingerprint density at radius 1 is 1.35 bits per heavy atom. The molecule has 1 aliphatic heterocycles. The van der Waals surface area contributed by atoms with Crippen molar-refractivity contribution < 1.29 is 17.6 Å². The Bertz CT molecular complexity index is 649. The van der Waals surface area contributed by atoms with Crippen LogP contribution in [0, 0.1) is 11.7 Å². The smallest absolute Gasteiger partial charge is 0.229 e. The molecule has 2 rings (SSSR count). The molecule has 1 aliphatic rings. The maximum absolute atomic E-state index is 13.6. The molecular weight excluding hydrogens is 345 g/mol. The van der Waals surface area contributed by atoms with Gasteiger partial charge in [-0.1, -0.05) is 0 Å². The summed E-state index contributed by atoms with van der Waals surface area (Å²) in [7, 11) is -3.58. The van der Waals surface area contributed by atoms with Gasteiger partial charge < -0.3 is 10.6 Å². The molecular formula is C14H21ClFN3O3S. The van der Waals surface area contributed by atoms with E-state index in [0.717, 1.165) is 38.3 Å². The second kappa shape index (κ2) is 8.47. The quantitative estimate of drug-likeness (QED) is 0.744. The van der Waals surface area contributed by atoms with Gasteiger partial charge in [-0.15, -0.1) is 12.4 Å². The second-order valence-electron chi connectivity index (χ2n) is 5.51. The van der Waals surface area contributed by atoms with Crippen molar-refractivity contribution in [3.05, 3.63) is 24.0 Å². The van der Waals surface area contributed by atoms with Crippen LogP contribution in [-0.4, -0.2) is 33.7 Å². The number of benzene rings is 1. The highest BCUT2D eigenvalue weighted by Crippen LogP contribution is 2.22. The molecule has 0 aliphatic carbocycles. The molecule has 0 unspecified atom stereocenters. The summed E-state index contributed by atoms with van der Waals surface area (Å²) in [5.74, 6) is -0.499. The van der Waals surface area contributed by atoms with Crippen LogP contribution in [0.4, 0.5) is 15.8 Å². The SMILES string of the molecule is CS(=O)(=O)Nc1cc(NC(=O)CC2CCNCC2)ccc1F.Cl. The van der Waals surface area contributed by atoms with Gasteiger partial charge in [0, 0.05) is 12.1 Å². The number of rotatable bonds is 5. The number of hydrogen-bond donors (Lipinski definition) is 3. The van der Waals surface area contributed by atoms with Gasteiger partial charge in [-0.2, -0.15) is 0 Å². The van der Waals surface area contributed by atoms with E-state index in [-0.39, 0.29) is 24.0 Å². The molecule has 3 N–H and O–H groups in total. The Hall–Kier alpha value is -1.38. The highest BCUT2D eigenvalue weighted by molar-refractivity contribution is 7.92. The van der Waals surface area contributed by atoms with Gasteiger partial charge in [-0.3, -0.25) is 9.52 Å². The molecule has 1 fully saturated rings. The highest BCUT2D eigenvalue weighted by atomic mass is 35.5. The van der Waals surface area contributed by atoms with Crippen LogP contribution in [0.1, 0.15) is 19.3 Å². The van der Waals surface area contributed by atoms with Gasteiger partial charge in [-0.25, -0.2) is 12.8 Å². The van der Waals surface area contributed by atoms with Gasteiger partial charge in [0.15, 0.2) is 0 Å². The molecule has 0 aromatic heterocycles. The van der Waals surface area contributed by atoms with E-state index in [9.17, 15) is 17.6 Å². The molecule has 1 amide bonds. The number of nitrogens with one attached hydrogen (secondary N) is 3. The van der Waals surface area contributed by atoms with E-state index in [2.05, 4.69) is 15.4 Å². The summed E-state index contributed by atoms with van der Waals surface area (Å²) in [6.07, 6.45) is 3.26. The van der Waals surface area contributed by atoms with Gasteiger partial charge in [0.25, 0.3) is 0 Å². The molecule has 0 spiro atoms. The molecule has 0 bridgehead atoms.